The lowest BCUT2D eigenvalue weighted by Gasteiger charge is -2.21. The highest BCUT2D eigenvalue weighted by Gasteiger charge is 2.34. The number of aliphatic carboxylic acids is 1. The summed E-state index contributed by atoms with van der Waals surface area (Å²) in [6.07, 6.45) is -3.96. The van der Waals surface area contributed by atoms with Crippen LogP contribution >= 0.6 is 0 Å². The number of carbonyl (C=O) groups excluding carboxylic acids is 3. The van der Waals surface area contributed by atoms with Crippen molar-refractivity contribution in [3.8, 4) is 17.4 Å². The molecule has 2 N–H and O–H groups in total. The number of carbonyl (C=O) groups is 4. The van der Waals surface area contributed by atoms with Crippen molar-refractivity contribution in [3.63, 3.8) is 0 Å². The molecule has 0 spiro atoms. The monoisotopic (exact) mass is 651 g/mol. The Morgan fingerprint density at radius 1 is 0.851 bits per heavy atom. The fourth-order valence-electron chi connectivity index (χ4n) is 4.39. The van der Waals surface area contributed by atoms with Crippen LogP contribution in [0.1, 0.15) is 37.4 Å². The van der Waals surface area contributed by atoms with E-state index in [4.69, 9.17) is 14.2 Å². The normalized spacial score (nSPS) is 10.9. The second-order valence-electron chi connectivity index (χ2n) is 10.0. The summed E-state index contributed by atoms with van der Waals surface area (Å²) in [5.41, 5.74) is -0.162. The van der Waals surface area contributed by atoms with Crippen LogP contribution < -0.4 is 19.5 Å². The summed E-state index contributed by atoms with van der Waals surface area (Å²) in [4.78, 5) is 54.8. The van der Waals surface area contributed by atoms with E-state index in [-0.39, 0.29) is 40.4 Å². The van der Waals surface area contributed by atoms with Gasteiger partial charge in [-0.1, -0.05) is 18.2 Å². The first-order chi connectivity index (χ1) is 22.4. The highest BCUT2D eigenvalue weighted by atomic mass is 19.4. The lowest BCUT2D eigenvalue weighted by Crippen LogP contribution is -2.35. The summed E-state index contributed by atoms with van der Waals surface area (Å²) >= 11 is 0. The molecule has 0 atom stereocenters. The highest BCUT2D eigenvalue weighted by Crippen LogP contribution is 2.34. The molecule has 0 aliphatic rings. The Bertz CT molecular complexity index is 1740. The Kier molecular flexibility index (Phi) is 10.8. The third-order valence-corrected chi connectivity index (χ3v) is 6.69. The van der Waals surface area contributed by atoms with Gasteiger partial charge in [0.25, 0.3) is 5.91 Å². The smallest absolute Gasteiger partial charge is 0.416 e. The minimum atomic E-state index is -4.70. The highest BCUT2D eigenvalue weighted by molar-refractivity contribution is 5.97. The first-order valence-corrected chi connectivity index (χ1v) is 13.8. The average Bonchev–Trinajstić information content (AvgIpc) is 3.04. The number of ether oxygens (including phenoxy) is 3. The number of anilines is 1. The van der Waals surface area contributed by atoms with E-state index in [1.807, 2.05) is 0 Å². The molecule has 0 saturated heterocycles. The molecule has 0 fully saturated rings. The summed E-state index contributed by atoms with van der Waals surface area (Å²) in [5, 5.41) is 11.9. The number of methoxy groups -OCH3 is 2. The fraction of sp³-hybridized carbons (Fsp3) is 0.182. The number of esters is 1. The van der Waals surface area contributed by atoms with Crippen LogP contribution in [0.4, 0.5) is 18.9 Å². The largest absolute Gasteiger partial charge is 0.497 e. The predicted octanol–water partition coefficient (Wildman–Crippen LogP) is 5.25. The van der Waals surface area contributed by atoms with Gasteiger partial charge in [0.1, 0.15) is 18.0 Å². The summed E-state index contributed by atoms with van der Waals surface area (Å²) < 4.78 is 55.7. The lowest BCUT2D eigenvalue weighted by molar-refractivity contribution is -0.139. The van der Waals surface area contributed by atoms with E-state index < -0.39 is 48.5 Å². The van der Waals surface area contributed by atoms with E-state index in [2.05, 4.69) is 10.3 Å². The van der Waals surface area contributed by atoms with Crippen LogP contribution in [0.2, 0.25) is 0 Å². The van der Waals surface area contributed by atoms with Crippen LogP contribution in [0.5, 0.6) is 17.4 Å². The quantitative estimate of drug-likeness (QED) is 0.155. The molecule has 0 unspecified atom stereocenters. The number of alkyl halides is 3. The minimum Gasteiger partial charge on any atom is -0.497 e. The molecule has 2 amide bonds. The van der Waals surface area contributed by atoms with Crippen LogP contribution in [0.25, 0.3) is 0 Å². The van der Waals surface area contributed by atoms with Crippen LogP contribution in [0.3, 0.4) is 0 Å². The lowest BCUT2D eigenvalue weighted by atomic mass is 10.0. The number of carboxylic acids is 1. The van der Waals surface area contributed by atoms with Crippen molar-refractivity contribution in [2.75, 3.05) is 26.1 Å². The molecule has 0 saturated carbocycles. The number of hydrogen-bond acceptors (Lipinski definition) is 8. The summed E-state index contributed by atoms with van der Waals surface area (Å²) in [6.45, 7) is -0.717. The van der Waals surface area contributed by atoms with Gasteiger partial charge in [0.05, 0.1) is 31.8 Å². The first kappa shape index (κ1) is 34.0. The van der Waals surface area contributed by atoms with E-state index >= 15 is 0 Å². The molecular formula is C33H28F3N3O8. The van der Waals surface area contributed by atoms with Crippen molar-refractivity contribution in [2.24, 2.45) is 0 Å². The molecule has 4 aromatic rings. The van der Waals surface area contributed by atoms with Gasteiger partial charge in [0, 0.05) is 30.1 Å². The van der Waals surface area contributed by atoms with Gasteiger partial charge in [0.2, 0.25) is 11.8 Å². The summed E-state index contributed by atoms with van der Waals surface area (Å²) in [5.74, 6) is -2.70. The van der Waals surface area contributed by atoms with E-state index in [1.165, 1.54) is 81.1 Å². The van der Waals surface area contributed by atoms with Crippen molar-refractivity contribution in [3.05, 3.63) is 113 Å². The molecule has 11 nitrogen and oxygen atoms in total. The third kappa shape index (κ3) is 9.29. The zero-order valence-electron chi connectivity index (χ0n) is 25.0. The van der Waals surface area contributed by atoms with Gasteiger partial charge in [-0.3, -0.25) is 14.4 Å². The third-order valence-electron chi connectivity index (χ3n) is 6.69. The number of pyridine rings is 1. The Morgan fingerprint density at radius 2 is 1.51 bits per heavy atom. The van der Waals surface area contributed by atoms with Gasteiger partial charge in [-0.15, -0.1) is 0 Å². The molecule has 0 aliphatic heterocycles. The molecule has 4 rings (SSSR count). The van der Waals surface area contributed by atoms with Crippen molar-refractivity contribution in [1.29, 1.82) is 0 Å². The van der Waals surface area contributed by atoms with E-state index in [0.29, 0.717) is 11.4 Å². The molecule has 0 bridgehead atoms. The van der Waals surface area contributed by atoms with Crippen molar-refractivity contribution < 1.29 is 51.7 Å². The van der Waals surface area contributed by atoms with E-state index in [9.17, 15) is 37.5 Å². The molecule has 244 valence electrons. The van der Waals surface area contributed by atoms with Gasteiger partial charge < -0.3 is 29.5 Å². The number of nitrogens with one attached hydrogen (secondary N) is 1. The van der Waals surface area contributed by atoms with Crippen LogP contribution in [0, 0.1) is 0 Å². The minimum absolute atomic E-state index is 0.0000745. The van der Waals surface area contributed by atoms with Gasteiger partial charge in [0.15, 0.2) is 0 Å². The number of halogens is 3. The summed E-state index contributed by atoms with van der Waals surface area (Å²) in [7, 11) is 2.68. The number of amides is 2. The number of aromatic nitrogens is 1. The Morgan fingerprint density at radius 3 is 2.09 bits per heavy atom. The van der Waals surface area contributed by atoms with Crippen LogP contribution in [-0.4, -0.2) is 59.5 Å². The molecule has 0 radical (unpaired) electrons. The van der Waals surface area contributed by atoms with Gasteiger partial charge in [-0.2, -0.15) is 13.2 Å². The molecule has 3 aromatic carbocycles. The van der Waals surface area contributed by atoms with Crippen molar-refractivity contribution >= 4 is 29.4 Å². The van der Waals surface area contributed by atoms with Crippen LogP contribution in [0.15, 0.2) is 85.1 Å². The number of hydrogen-bond donors (Lipinski definition) is 2. The second-order valence-corrected chi connectivity index (χ2v) is 10.0. The molecule has 0 aliphatic carbocycles. The number of benzene rings is 3. The summed E-state index contributed by atoms with van der Waals surface area (Å²) in [6, 6.07) is 17.9. The van der Waals surface area contributed by atoms with Crippen molar-refractivity contribution in [2.45, 2.75) is 19.1 Å². The van der Waals surface area contributed by atoms with E-state index in [0.717, 1.165) is 11.0 Å². The number of nitrogens with zero attached hydrogens (tertiary/aromatic N) is 2. The zero-order valence-corrected chi connectivity index (χ0v) is 25.0. The van der Waals surface area contributed by atoms with Gasteiger partial charge >= 0.3 is 18.1 Å². The zero-order chi connectivity index (χ0) is 34.1. The standard InChI is InChI=1S/C33H28F3N3O8/c1-45-26-13-7-22(27(16-26)33(34,35)36)15-28(40)38-24-9-5-21(6-10-24)31(43)39(19-30(41)42)18-20-3-11-25(12-4-20)47-32(44)23-8-14-29(46-2)37-17-23/h3-14,16-17H,15,18-19H2,1-2H3,(H,38,40)(H,41,42). The second kappa shape index (κ2) is 14.9. The first-order valence-electron chi connectivity index (χ1n) is 13.8. The van der Waals surface area contributed by atoms with Crippen molar-refractivity contribution in [1.82, 2.24) is 9.88 Å². The topological polar surface area (TPSA) is 144 Å². The maximum atomic E-state index is 13.5. The Balaban J connectivity index is 1.39. The Labute approximate surface area is 266 Å². The molecular weight excluding hydrogens is 623 g/mol. The maximum Gasteiger partial charge on any atom is 0.416 e. The van der Waals surface area contributed by atoms with Gasteiger partial charge in [-0.05, 0) is 65.7 Å². The number of carboxylic acid groups (broad SMARTS) is 1. The molecule has 14 heteroatoms. The fourth-order valence-corrected chi connectivity index (χ4v) is 4.39. The average molecular weight is 652 g/mol. The van der Waals surface area contributed by atoms with Gasteiger partial charge in [-0.25, -0.2) is 9.78 Å². The Hall–Kier alpha value is -5.92. The predicted molar refractivity (Wildman–Crippen MR) is 161 cm³/mol. The van der Waals surface area contributed by atoms with Crippen LogP contribution in [-0.2, 0) is 28.7 Å². The van der Waals surface area contributed by atoms with E-state index in [1.54, 1.807) is 12.1 Å². The molecule has 47 heavy (non-hydrogen) atoms. The molecule has 1 heterocycles. The number of rotatable bonds is 12. The molecule has 1 aromatic heterocycles. The SMILES string of the molecule is COc1ccc(CC(=O)Nc2ccc(C(=O)N(CC(=O)O)Cc3ccc(OC(=O)c4ccc(OC)nc4)cc3)cc2)c(C(F)(F)F)c1. The maximum absolute atomic E-state index is 13.5.